The van der Waals surface area contributed by atoms with Crippen molar-refractivity contribution in [1.82, 2.24) is 15.5 Å². The molecule has 0 amide bonds. The Morgan fingerprint density at radius 3 is 2.42 bits per heavy atom. The number of amidine groups is 1. The molecule has 0 saturated heterocycles. The second kappa shape index (κ2) is 6.76. The molecule has 19 heavy (non-hydrogen) atoms. The summed E-state index contributed by atoms with van der Waals surface area (Å²) in [5, 5.41) is 31.1. The molecule has 0 fully saturated rings. The summed E-state index contributed by atoms with van der Waals surface area (Å²) < 4.78 is 0. The molecule has 2 aliphatic rings. The number of aliphatic imine (C=N–C) groups is 1. The second-order valence-corrected chi connectivity index (χ2v) is 2.52. The zero-order valence-electron chi connectivity index (χ0n) is 9.20. The summed E-state index contributed by atoms with van der Waals surface area (Å²) in [6, 6.07) is 0. The number of fused-ring (bicyclic) bond motifs is 1. The predicted molar refractivity (Wildman–Crippen MR) is 54.2 cm³/mol. The van der Waals surface area contributed by atoms with Crippen molar-refractivity contribution in [3.8, 4) is 0 Å². The smallest absolute Gasteiger partial charge is 0.412 e. The maximum Gasteiger partial charge on any atom is 0.414 e. The van der Waals surface area contributed by atoms with Gasteiger partial charge >= 0.3 is 5.95 Å². The molecule has 3 heterocycles. The molecule has 0 unspecified atom stereocenters. The molecule has 0 aliphatic carbocycles. The van der Waals surface area contributed by atoms with E-state index in [1.807, 2.05) is 0 Å². The standard InChI is InChI=1S/C4H2N11.H4NO.2H2O/c5-2-1(3-7-11-12-8-3)10-15-4(6-2)9-13-14-15;1-2;;/h(H2-2,5,6,9,10,13,14);2H,1H3;2*1H2/q-1;+1;;. The number of quaternary nitrogens is 1. The lowest BCUT2D eigenvalue weighted by molar-refractivity contribution is -0.677. The third-order valence-electron chi connectivity index (χ3n) is 1.63. The Labute approximate surface area is 103 Å². The van der Waals surface area contributed by atoms with Crippen molar-refractivity contribution in [1.29, 1.82) is 0 Å². The van der Waals surface area contributed by atoms with E-state index in [9.17, 15) is 0 Å². The minimum absolute atomic E-state index is 0. The van der Waals surface area contributed by atoms with Gasteiger partial charge in [-0.1, -0.05) is 4.99 Å². The molecule has 3 rings (SSSR count). The minimum atomic E-state index is 0. The first-order valence-corrected chi connectivity index (χ1v) is 4.07. The number of tetrazole rings is 1. The molecule has 15 nitrogen and oxygen atoms in total. The van der Waals surface area contributed by atoms with Crippen molar-refractivity contribution in [3.63, 3.8) is 0 Å². The molecule has 0 radical (unpaired) electrons. The van der Waals surface area contributed by atoms with Gasteiger partial charge in [0.1, 0.15) is 0 Å². The van der Waals surface area contributed by atoms with E-state index in [2.05, 4.69) is 52.5 Å². The van der Waals surface area contributed by atoms with Gasteiger partial charge in [0.25, 0.3) is 0 Å². The Hall–Kier alpha value is -2.88. The Bertz CT molecular complexity index is 527. The summed E-state index contributed by atoms with van der Waals surface area (Å²) in [4.78, 5) is 5.01. The van der Waals surface area contributed by atoms with Crippen LogP contribution in [0.1, 0.15) is 0 Å². The summed E-state index contributed by atoms with van der Waals surface area (Å²) >= 11 is 0. The first kappa shape index (κ1) is 16.1. The molecule has 15 heteroatoms. The zero-order valence-corrected chi connectivity index (χ0v) is 9.20. The van der Waals surface area contributed by atoms with Crippen LogP contribution in [-0.2, 0) is 0 Å². The van der Waals surface area contributed by atoms with E-state index in [4.69, 9.17) is 10.9 Å². The Morgan fingerprint density at radius 2 is 1.79 bits per heavy atom. The van der Waals surface area contributed by atoms with E-state index < -0.39 is 0 Å². The maximum absolute atomic E-state index is 6.75. The summed E-state index contributed by atoms with van der Waals surface area (Å²) in [6.07, 6.45) is 0. The number of nitrogens with two attached hydrogens (primary N) is 1. The number of aromatic nitrogens is 4. The maximum atomic E-state index is 6.75. The van der Waals surface area contributed by atoms with E-state index in [0.29, 0.717) is 0 Å². The van der Waals surface area contributed by atoms with Crippen molar-refractivity contribution < 1.29 is 26.8 Å². The van der Waals surface area contributed by atoms with E-state index in [0.717, 1.165) is 4.79 Å². The summed E-state index contributed by atoms with van der Waals surface area (Å²) in [5.41, 5.74) is 9.82. The number of rotatable bonds is 0. The van der Waals surface area contributed by atoms with Crippen LogP contribution in [0, 0.1) is 0 Å². The lowest BCUT2D eigenvalue weighted by atomic mass is 10.4. The van der Waals surface area contributed by atoms with E-state index in [1.54, 1.807) is 0 Å². The van der Waals surface area contributed by atoms with Crippen LogP contribution in [0.5, 0.6) is 0 Å². The first-order valence-electron chi connectivity index (χ1n) is 4.07. The average Bonchev–Trinajstić information content (AvgIpc) is 3.00. The number of nitrogens with zero attached hydrogens (tertiary/aromatic N) is 10. The van der Waals surface area contributed by atoms with Gasteiger partial charge in [-0.25, -0.2) is 16.3 Å². The second-order valence-electron chi connectivity index (χ2n) is 2.52. The average molecular weight is 274 g/mol. The molecule has 0 spiro atoms. The molecule has 10 N–H and O–H groups in total. The van der Waals surface area contributed by atoms with Crippen molar-refractivity contribution in [2.75, 3.05) is 0 Å². The van der Waals surface area contributed by atoms with Crippen LogP contribution in [0.4, 0.5) is 5.95 Å². The highest BCUT2D eigenvalue weighted by molar-refractivity contribution is 6.01. The van der Waals surface area contributed by atoms with Gasteiger partial charge in [0.2, 0.25) is 5.82 Å². The summed E-state index contributed by atoms with van der Waals surface area (Å²) in [5.74, 6) is 2.74. The summed E-state index contributed by atoms with van der Waals surface area (Å²) in [7, 11) is 0. The van der Waals surface area contributed by atoms with Crippen molar-refractivity contribution in [2.45, 2.75) is 0 Å². The molecular weight excluding hydrogens is 264 g/mol. The third kappa shape index (κ3) is 2.87. The van der Waals surface area contributed by atoms with E-state index >= 15 is 0 Å². The fraction of sp³-hybridized carbons (Fsp3) is 0. The van der Waals surface area contributed by atoms with Crippen LogP contribution < -0.4 is 21.6 Å². The number of hydrogen-bond donors (Lipinski definition) is 3. The fourth-order valence-corrected chi connectivity index (χ4v) is 1.02. The molecule has 0 bridgehead atoms. The van der Waals surface area contributed by atoms with Crippen LogP contribution in [0.15, 0.2) is 37.2 Å². The summed E-state index contributed by atoms with van der Waals surface area (Å²) in [6.45, 7) is 0. The normalized spacial score (nSPS) is 14.3. The molecule has 0 saturated carbocycles. The molecule has 1 aromatic heterocycles. The van der Waals surface area contributed by atoms with Gasteiger partial charge in [-0.05, 0) is 15.7 Å². The highest BCUT2D eigenvalue weighted by Crippen LogP contribution is 2.21. The molecular formula is C4H10N12O3. The number of hydrogen-bond acceptors (Lipinski definition) is 9. The van der Waals surface area contributed by atoms with Crippen LogP contribution in [0.25, 0.3) is 5.43 Å². The van der Waals surface area contributed by atoms with Crippen molar-refractivity contribution in [3.05, 3.63) is 16.9 Å². The van der Waals surface area contributed by atoms with Crippen LogP contribution in [-0.4, -0.2) is 32.3 Å². The lowest BCUT2D eigenvalue weighted by Crippen LogP contribution is -2.42. The lowest BCUT2D eigenvalue weighted by Gasteiger charge is -2.19. The SMILES string of the molecule is NC1=Nc2nn[n-][n+]2[N-]C1=C1N=NN=N1.O.O.[NH3+]O. The third-order valence-corrected chi connectivity index (χ3v) is 1.63. The van der Waals surface area contributed by atoms with Gasteiger partial charge in [0.05, 0.1) is 10.8 Å². The van der Waals surface area contributed by atoms with Gasteiger partial charge in [-0.15, -0.1) is 10.2 Å². The molecule has 0 atom stereocenters. The topological polar surface area (TPSA) is 257 Å². The van der Waals surface area contributed by atoms with Crippen LogP contribution in [0.3, 0.4) is 0 Å². The highest BCUT2D eigenvalue weighted by atomic mass is 16.4. The van der Waals surface area contributed by atoms with E-state index in [-0.39, 0.29) is 34.3 Å². The first-order chi connectivity index (χ1) is 8.34. The minimum Gasteiger partial charge on any atom is -0.412 e. The Kier molecular flexibility index (Phi) is 5.73. The quantitative estimate of drug-likeness (QED) is 0.313. The molecule has 1 aromatic rings. The van der Waals surface area contributed by atoms with Gasteiger partial charge in [0, 0.05) is 0 Å². The molecule has 2 aliphatic heterocycles. The molecule has 104 valence electrons. The Balaban J connectivity index is 0.000000776. The largest absolute Gasteiger partial charge is 0.414 e. The van der Waals surface area contributed by atoms with Gasteiger partial charge in [-0.3, -0.25) is 4.79 Å². The van der Waals surface area contributed by atoms with Gasteiger partial charge < -0.3 is 22.1 Å². The van der Waals surface area contributed by atoms with Crippen LogP contribution in [0.2, 0.25) is 0 Å². The Morgan fingerprint density at radius 1 is 1.16 bits per heavy atom. The highest BCUT2D eigenvalue weighted by Gasteiger charge is 2.20. The van der Waals surface area contributed by atoms with Crippen LogP contribution >= 0.6 is 0 Å². The van der Waals surface area contributed by atoms with Crippen molar-refractivity contribution >= 4 is 11.8 Å². The predicted octanol–water partition coefficient (Wildman–Crippen LogP) is -4.17. The van der Waals surface area contributed by atoms with Gasteiger partial charge in [-0.2, -0.15) is 0 Å². The van der Waals surface area contributed by atoms with Gasteiger partial charge in [0.15, 0.2) is 5.84 Å². The monoisotopic (exact) mass is 274 g/mol. The molecule has 0 aromatic carbocycles. The zero-order chi connectivity index (χ0) is 12.3. The van der Waals surface area contributed by atoms with Crippen molar-refractivity contribution in [2.24, 2.45) is 31.4 Å². The fourth-order valence-electron chi connectivity index (χ4n) is 1.02. The van der Waals surface area contributed by atoms with E-state index in [1.165, 1.54) is 0 Å².